The first-order valence-electron chi connectivity index (χ1n) is 8.15. The Morgan fingerprint density at radius 2 is 1.88 bits per heavy atom. The first-order valence-corrected chi connectivity index (χ1v) is 8.15. The van der Waals surface area contributed by atoms with Gasteiger partial charge in [-0.3, -0.25) is 4.79 Å². The van der Waals surface area contributed by atoms with Crippen molar-refractivity contribution < 1.29 is 23.7 Å². The zero-order chi connectivity index (χ0) is 17.4. The number of methoxy groups -OCH3 is 2. The largest absolute Gasteiger partial charge is 0.496 e. The summed E-state index contributed by atoms with van der Waals surface area (Å²) in [7, 11) is 3.18. The van der Waals surface area contributed by atoms with E-state index in [1.54, 1.807) is 32.4 Å². The fourth-order valence-electron chi connectivity index (χ4n) is 2.52. The van der Waals surface area contributed by atoms with Gasteiger partial charge in [0.05, 0.1) is 26.9 Å². The minimum absolute atomic E-state index is 0.00660. The van der Waals surface area contributed by atoms with Gasteiger partial charge in [0, 0.05) is 31.3 Å². The van der Waals surface area contributed by atoms with Crippen molar-refractivity contribution in [1.29, 1.82) is 0 Å². The van der Waals surface area contributed by atoms with Gasteiger partial charge >= 0.3 is 0 Å². The lowest BCUT2D eigenvalue weighted by atomic mass is 10.2. The quantitative estimate of drug-likeness (QED) is 0.655. The van der Waals surface area contributed by atoms with Crippen molar-refractivity contribution >= 4 is 5.91 Å². The maximum atomic E-state index is 12.0. The summed E-state index contributed by atoms with van der Waals surface area (Å²) in [5, 5.41) is 2.87. The lowest BCUT2D eigenvalue weighted by molar-refractivity contribution is -0.131. The Hall–Kier alpha value is -1.99. The predicted molar refractivity (Wildman–Crippen MR) is 89.6 cm³/mol. The van der Waals surface area contributed by atoms with Crippen molar-refractivity contribution in [3.05, 3.63) is 18.2 Å². The first kappa shape index (κ1) is 18.4. The molecular weight excluding hydrogens is 312 g/mol. The number of hydrogen-bond donors (Lipinski definition) is 2. The molecule has 1 aliphatic rings. The number of nitrogens with two attached hydrogens (primary N) is 1. The number of carbonyl (C=O) groups excluding carboxylic acids is 1. The van der Waals surface area contributed by atoms with E-state index < -0.39 is 0 Å². The Morgan fingerprint density at radius 1 is 1.21 bits per heavy atom. The Kier molecular flexibility index (Phi) is 7.14. The van der Waals surface area contributed by atoms with E-state index in [4.69, 9.17) is 24.7 Å². The molecule has 0 saturated carbocycles. The second kappa shape index (κ2) is 9.34. The van der Waals surface area contributed by atoms with Gasteiger partial charge in [0.25, 0.3) is 0 Å². The normalized spacial score (nSPS) is 19.8. The summed E-state index contributed by atoms with van der Waals surface area (Å²) < 4.78 is 21.6. The van der Waals surface area contributed by atoms with Gasteiger partial charge < -0.3 is 30.0 Å². The molecule has 7 heteroatoms. The van der Waals surface area contributed by atoms with E-state index in [0.717, 1.165) is 12.8 Å². The predicted octanol–water partition coefficient (Wildman–Crippen LogP) is 1.10. The van der Waals surface area contributed by atoms with Crippen molar-refractivity contribution in [2.24, 2.45) is 5.73 Å². The van der Waals surface area contributed by atoms with Crippen LogP contribution in [0.15, 0.2) is 18.2 Å². The molecule has 2 atom stereocenters. The smallest absolute Gasteiger partial charge is 0.249 e. The van der Waals surface area contributed by atoms with Crippen LogP contribution in [-0.4, -0.2) is 52.0 Å². The Morgan fingerprint density at radius 3 is 2.46 bits per heavy atom. The van der Waals surface area contributed by atoms with E-state index in [0.29, 0.717) is 43.4 Å². The molecule has 1 aliphatic heterocycles. The van der Waals surface area contributed by atoms with Crippen molar-refractivity contribution in [3.63, 3.8) is 0 Å². The van der Waals surface area contributed by atoms with Crippen LogP contribution in [0.5, 0.6) is 17.2 Å². The van der Waals surface area contributed by atoms with Gasteiger partial charge in [-0.1, -0.05) is 0 Å². The van der Waals surface area contributed by atoms with E-state index in [9.17, 15) is 4.79 Å². The standard InChI is InChI=1S/C17H26N2O5/c1-21-13-8-14(22-2)10-15(9-13)23-7-3-6-19-17(20)16-5-4-12(11-18)24-16/h8-10,12,16H,3-7,11,18H2,1-2H3,(H,19,20)/t12-,16+/m1/s1. The summed E-state index contributed by atoms with van der Waals surface area (Å²) in [6, 6.07) is 5.37. The maximum absolute atomic E-state index is 12.0. The molecule has 0 aliphatic carbocycles. The van der Waals surface area contributed by atoms with Crippen molar-refractivity contribution in [3.8, 4) is 17.2 Å². The van der Waals surface area contributed by atoms with Crippen molar-refractivity contribution in [2.45, 2.75) is 31.5 Å². The third-order valence-electron chi connectivity index (χ3n) is 3.88. The molecule has 3 N–H and O–H groups in total. The second-order valence-electron chi connectivity index (χ2n) is 5.60. The van der Waals surface area contributed by atoms with Gasteiger partial charge in [-0.15, -0.1) is 0 Å². The number of ether oxygens (including phenoxy) is 4. The molecule has 0 aromatic heterocycles. The molecule has 24 heavy (non-hydrogen) atoms. The Balaban J connectivity index is 1.67. The Labute approximate surface area is 142 Å². The molecule has 0 radical (unpaired) electrons. The van der Waals surface area contributed by atoms with Crippen LogP contribution >= 0.6 is 0 Å². The Bertz CT molecular complexity index is 515. The van der Waals surface area contributed by atoms with Gasteiger partial charge in [-0.25, -0.2) is 0 Å². The lowest BCUT2D eigenvalue weighted by Crippen LogP contribution is -2.36. The molecule has 0 spiro atoms. The van der Waals surface area contributed by atoms with Crippen molar-refractivity contribution in [2.75, 3.05) is 33.9 Å². The number of carbonyl (C=O) groups is 1. The van der Waals surface area contributed by atoms with E-state index in [2.05, 4.69) is 5.32 Å². The highest BCUT2D eigenvalue weighted by Gasteiger charge is 2.29. The average molecular weight is 338 g/mol. The van der Waals surface area contributed by atoms with Crippen LogP contribution in [0.1, 0.15) is 19.3 Å². The summed E-state index contributed by atoms with van der Waals surface area (Å²) in [6.07, 6.45) is 1.90. The van der Waals surface area contributed by atoms with Crippen LogP contribution in [0.3, 0.4) is 0 Å². The molecule has 1 aromatic carbocycles. The third-order valence-corrected chi connectivity index (χ3v) is 3.88. The molecule has 0 bridgehead atoms. The minimum Gasteiger partial charge on any atom is -0.496 e. The highest BCUT2D eigenvalue weighted by atomic mass is 16.5. The van der Waals surface area contributed by atoms with Crippen LogP contribution in [-0.2, 0) is 9.53 Å². The summed E-state index contributed by atoms with van der Waals surface area (Å²) in [5.74, 6) is 1.94. The first-order chi connectivity index (χ1) is 11.7. The van der Waals surface area contributed by atoms with E-state index >= 15 is 0 Å². The lowest BCUT2D eigenvalue weighted by Gasteiger charge is -2.13. The maximum Gasteiger partial charge on any atom is 0.249 e. The van der Waals surface area contributed by atoms with E-state index in [1.807, 2.05) is 0 Å². The molecule has 7 nitrogen and oxygen atoms in total. The van der Waals surface area contributed by atoms with Gasteiger partial charge in [0.15, 0.2) is 0 Å². The highest BCUT2D eigenvalue weighted by molar-refractivity contribution is 5.80. The molecule has 1 aromatic rings. The van der Waals surface area contributed by atoms with E-state index in [1.165, 1.54) is 0 Å². The molecule has 1 fully saturated rings. The van der Waals surface area contributed by atoms with Gasteiger partial charge in [0.1, 0.15) is 23.4 Å². The second-order valence-corrected chi connectivity index (χ2v) is 5.60. The molecule has 134 valence electrons. The highest BCUT2D eigenvalue weighted by Crippen LogP contribution is 2.27. The molecule has 1 saturated heterocycles. The zero-order valence-electron chi connectivity index (χ0n) is 14.2. The molecule has 2 rings (SSSR count). The van der Waals surface area contributed by atoms with Crippen LogP contribution < -0.4 is 25.3 Å². The summed E-state index contributed by atoms with van der Waals surface area (Å²) in [4.78, 5) is 12.0. The van der Waals surface area contributed by atoms with Gasteiger partial charge in [-0.05, 0) is 19.3 Å². The zero-order valence-corrected chi connectivity index (χ0v) is 14.2. The topological polar surface area (TPSA) is 92.0 Å². The molecule has 1 heterocycles. The van der Waals surface area contributed by atoms with E-state index in [-0.39, 0.29) is 18.1 Å². The molecule has 1 amide bonds. The number of nitrogens with one attached hydrogen (secondary N) is 1. The number of amides is 1. The molecular formula is C17H26N2O5. The number of rotatable bonds is 9. The minimum atomic E-state index is -0.373. The summed E-state index contributed by atoms with van der Waals surface area (Å²) >= 11 is 0. The van der Waals surface area contributed by atoms with Gasteiger partial charge in [0.2, 0.25) is 5.91 Å². The SMILES string of the molecule is COc1cc(OC)cc(OCCCNC(=O)[C@@H]2CC[C@H](CN)O2)c1. The third kappa shape index (κ3) is 5.28. The van der Waals surface area contributed by atoms with Crippen LogP contribution in [0.4, 0.5) is 0 Å². The molecule has 0 unspecified atom stereocenters. The van der Waals surface area contributed by atoms with Crippen LogP contribution in [0, 0.1) is 0 Å². The monoisotopic (exact) mass is 338 g/mol. The number of benzene rings is 1. The fraction of sp³-hybridized carbons (Fsp3) is 0.588. The van der Waals surface area contributed by atoms with Crippen LogP contribution in [0.25, 0.3) is 0 Å². The van der Waals surface area contributed by atoms with Gasteiger partial charge in [-0.2, -0.15) is 0 Å². The average Bonchev–Trinajstić information content (AvgIpc) is 3.10. The summed E-state index contributed by atoms with van der Waals surface area (Å²) in [5.41, 5.74) is 5.54. The summed E-state index contributed by atoms with van der Waals surface area (Å²) in [6.45, 7) is 1.47. The van der Waals surface area contributed by atoms with Crippen molar-refractivity contribution in [1.82, 2.24) is 5.32 Å². The fourth-order valence-corrected chi connectivity index (χ4v) is 2.52. The number of hydrogen-bond acceptors (Lipinski definition) is 6. The van der Waals surface area contributed by atoms with Crippen LogP contribution in [0.2, 0.25) is 0 Å².